The van der Waals surface area contributed by atoms with Gasteiger partial charge in [0.15, 0.2) is 5.96 Å². The van der Waals surface area contributed by atoms with Crippen LogP contribution in [0, 0.1) is 5.82 Å². The predicted molar refractivity (Wildman–Crippen MR) is 108 cm³/mol. The van der Waals surface area contributed by atoms with Gasteiger partial charge in [0, 0.05) is 31.9 Å². The lowest BCUT2D eigenvalue weighted by Gasteiger charge is -2.12. The highest BCUT2D eigenvalue weighted by molar-refractivity contribution is 5.79. The number of aliphatic imine (C=N–C) groups is 1. The monoisotopic (exact) mass is 362 g/mol. The zero-order chi connectivity index (χ0) is 18.9. The normalized spacial score (nSPS) is 11.3. The Morgan fingerprint density at radius 1 is 0.963 bits per heavy atom. The van der Waals surface area contributed by atoms with Gasteiger partial charge in [-0.25, -0.2) is 4.39 Å². The highest BCUT2D eigenvalue weighted by Crippen LogP contribution is 2.17. The van der Waals surface area contributed by atoms with Crippen molar-refractivity contribution in [2.75, 3.05) is 13.6 Å². The van der Waals surface area contributed by atoms with Crippen molar-refractivity contribution in [2.24, 2.45) is 4.99 Å². The van der Waals surface area contributed by atoms with E-state index in [1.807, 2.05) is 30.3 Å². The average Bonchev–Trinajstić information content (AvgIpc) is 2.71. The lowest BCUT2D eigenvalue weighted by molar-refractivity contribution is 0.625. The Kier molecular flexibility index (Phi) is 6.52. The quantitative estimate of drug-likeness (QED) is 0.518. The third-order valence-electron chi connectivity index (χ3n) is 4.17. The van der Waals surface area contributed by atoms with Crippen LogP contribution in [0.4, 0.5) is 4.39 Å². The second-order valence-corrected chi connectivity index (χ2v) is 6.15. The lowest BCUT2D eigenvalue weighted by atomic mass is 10.1. The molecule has 0 spiro atoms. The van der Waals surface area contributed by atoms with Crippen molar-refractivity contribution in [1.29, 1.82) is 0 Å². The number of pyridine rings is 1. The molecule has 2 N–H and O–H groups in total. The Labute approximate surface area is 159 Å². The number of nitrogens with zero attached hydrogens (tertiary/aromatic N) is 2. The Hall–Kier alpha value is -3.21. The van der Waals surface area contributed by atoms with Gasteiger partial charge in [0.1, 0.15) is 5.82 Å². The summed E-state index contributed by atoms with van der Waals surface area (Å²) in [4.78, 5) is 8.63. The smallest absolute Gasteiger partial charge is 0.191 e. The number of rotatable bonds is 6. The number of benzene rings is 2. The van der Waals surface area contributed by atoms with Crippen molar-refractivity contribution in [3.8, 4) is 11.3 Å². The summed E-state index contributed by atoms with van der Waals surface area (Å²) in [5.41, 5.74) is 4.15. The minimum Gasteiger partial charge on any atom is -0.356 e. The summed E-state index contributed by atoms with van der Waals surface area (Å²) in [6, 6.07) is 20.8. The maximum atomic E-state index is 13.2. The van der Waals surface area contributed by atoms with E-state index in [1.54, 1.807) is 25.4 Å². The van der Waals surface area contributed by atoms with Crippen molar-refractivity contribution in [1.82, 2.24) is 15.6 Å². The number of aromatic nitrogens is 1. The number of hydrogen-bond acceptors (Lipinski definition) is 2. The highest BCUT2D eigenvalue weighted by atomic mass is 19.1. The molecule has 0 radical (unpaired) electrons. The molecule has 3 rings (SSSR count). The van der Waals surface area contributed by atoms with Crippen LogP contribution in [0.3, 0.4) is 0 Å². The summed E-state index contributed by atoms with van der Waals surface area (Å²) >= 11 is 0. The van der Waals surface area contributed by atoms with E-state index < -0.39 is 0 Å². The van der Waals surface area contributed by atoms with Crippen molar-refractivity contribution in [2.45, 2.75) is 13.0 Å². The number of nitrogens with one attached hydrogen (secondary N) is 2. The molecule has 0 aliphatic heterocycles. The van der Waals surface area contributed by atoms with Gasteiger partial charge in [0.2, 0.25) is 0 Å². The topological polar surface area (TPSA) is 49.3 Å². The molecule has 2 aromatic carbocycles. The molecule has 0 atom stereocenters. The molecular formula is C22H23FN4. The SMILES string of the molecule is CN=C(NCCc1cccc(F)c1)NCc1cccc(-c2ccccn2)c1. The summed E-state index contributed by atoms with van der Waals surface area (Å²) in [7, 11) is 1.74. The molecule has 0 saturated heterocycles. The maximum absolute atomic E-state index is 13.2. The highest BCUT2D eigenvalue weighted by Gasteiger charge is 2.02. The van der Waals surface area contributed by atoms with Crippen LogP contribution in [0.2, 0.25) is 0 Å². The van der Waals surface area contributed by atoms with E-state index in [0.717, 1.165) is 34.8 Å². The summed E-state index contributed by atoms with van der Waals surface area (Å²) in [5.74, 6) is 0.512. The largest absolute Gasteiger partial charge is 0.356 e. The number of hydrogen-bond donors (Lipinski definition) is 2. The maximum Gasteiger partial charge on any atom is 0.191 e. The van der Waals surface area contributed by atoms with Gasteiger partial charge in [-0.3, -0.25) is 9.98 Å². The summed E-state index contributed by atoms with van der Waals surface area (Å²) in [6.45, 7) is 1.33. The van der Waals surface area contributed by atoms with E-state index in [0.29, 0.717) is 13.1 Å². The Morgan fingerprint density at radius 3 is 2.59 bits per heavy atom. The zero-order valence-corrected chi connectivity index (χ0v) is 15.3. The van der Waals surface area contributed by atoms with E-state index in [1.165, 1.54) is 6.07 Å². The summed E-state index contributed by atoms with van der Waals surface area (Å²) < 4.78 is 13.2. The molecular weight excluding hydrogens is 339 g/mol. The minimum atomic E-state index is -0.206. The van der Waals surface area contributed by atoms with Gasteiger partial charge in [-0.2, -0.15) is 0 Å². The van der Waals surface area contributed by atoms with Crippen molar-refractivity contribution < 1.29 is 4.39 Å². The van der Waals surface area contributed by atoms with Crippen LogP contribution in [0.25, 0.3) is 11.3 Å². The van der Waals surface area contributed by atoms with E-state index in [-0.39, 0.29) is 5.82 Å². The minimum absolute atomic E-state index is 0.206. The third kappa shape index (κ3) is 5.64. The van der Waals surface area contributed by atoms with Crippen LogP contribution >= 0.6 is 0 Å². The predicted octanol–water partition coefficient (Wildman–Crippen LogP) is 3.80. The molecule has 0 aliphatic rings. The first-order valence-electron chi connectivity index (χ1n) is 8.94. The van der Waals surface area contributed by atoms with E-state index in [2.05, 4.69) is 38.8 Å². The molecule has 1 aromatic heterocycles. The molecule has 1 heterocycles. The van der Waals surface area contributed by atoms with Gasteiger partial charge in [-0.05, 0) is 47.9 Å². The molecule has 0 saturated carbocycles. The Morgan fingerprint density at radius 2 is 1.81 bits per heavy atom. The number of halogens is 1. The van der Waals surface area contributed by atoms with Crippen LogP contribution in [-0.4, -0.2) is 24.5 Å². The second-order valence-electron chi connectivity index (χ2n) is 6.15. The van der Waals surface area contributed by atoms with E-state index in [9.17, 15) is 4.39 Å². The summed E-state index contributed by atoms with van der Waals surface area (Å²) in [6.07, 6.45) is 2.53. The molecule has 0 unspecified atom stereocenters. The van der Waals surface area contributed by atoms with Crippen molar-refractivity contribution >= 4 is 5.96 Å². The molecule has 0 aliphatic carbocycles. The molecule has 0 bridgehead atoms. The van der Waals surface area contributed by atoms with Crippen molar-refractivity contribution in [3.63, 3.8) is 0 Å². The molecule has 27 heavy (non-hydrogen) atoms. The molecule has 5 heteroatoms. The molecule has 138 valence electrons. The van der Waals surface area contributed by atoms with Gasteiger partial charge in [-0.1, -0.05) is 36.4 Å². The third-order valence-corrected chi connectivity index (χ3v) is 4.17. The van der Waals surface area contributed by atoms with Crippen LogP contribution in [-0.2, 0) is 13.0 Å². The first-order valence-corrected chi connectivity index (χ1v) is 8.94. The number of guanidine groups is 1. The Balaban J connectivity index is 1.52. The first-order chi connectivity index (χ1) is 13.2. The van der Waals surface area contributed by atoms with Gasteiger partial charge in [-0.15, -0.1) is 0 Å². The molecule has 4 nitrogen and oxygen atoms in total. The molecule has 3 aromatic rings. The summed E-state index contributed by atoms with van der Waals surface area (Å²) in [5, 5.41) is 6.56. The first kappa shape index (κ1) is 18.6. The van der Waals surface area contributed by atoms with Crippen LogP contribution in [0.1, 0.15) is 11.1 Å². The fourth-order valence-corrected chi connectivity index (χ4v) is 2.80. The lowest BCUT2D eigenvalue weighted by Crippen LogP contribution is -2.37. The van der Waals surface area contributed by atoms with Crippen molar-refractivity contribution in [3.05, 3.63) is 89.9 Å². The molecule has 0 amide bonds. The fourth-order valence-electron chi connectivity index (χ4n) is 2.80. The molecule has 0 fully saturated rings. The van der Waals surface area contributed by atoms with Gasteiger partial charge < -0.3 is 10.6 Å². The van der Waals surface area contributed by atoms with Gasteiger partial charge >= 0.3 is 0 Å². The Bertz CT molecular complexity index is 894. The van der Waals surface area contributed by atoms with Gasteiger partial charge in [0.25, 0.3) is 0 Å². The van der Waals surface area contributed by atoms with Crippen LogP contribution in [0.15, 0.2) is 77.9 Å². The van der Waals surface area contributed by atoms with Crippen LogP contribution in [0.5, 0.6) is 0 Å². The second kappa shape index (κ2) is 9.48. The van der Waals surface area contributed by atoms with Crippen LogP contribution < -0.4 is 10.6 Å². The average molecular weight is 362 g/mol. The zero-order valence-electron chi connectivity index (χ0n) is 15.3. The van der Waals surface area contributed by atoms with E-state index >= 15 is 0 Å². The standard InChI is InChI=1S/C22H23FN4/c1-24-22(26-13-11-17-6-5-9-20(23)15-17)27-16-18-7-4-8-19(14-18)21-10-2-3-12-25-21/h2-10,12,14-15H,11,13,16H2,1H3,(H2,24,26,27). The van der Waals surface area contributed by atoms with E-state index in [4.69, 9.17) is 0 Å². The van der Waals surface area contributed by atoms with Gasteiger partial charge in [0.05, 0.1) is 5.69 Å². The fraction of sp³-hybridized carbons (Fsp3) is 0.182.